The molecule has 0 spiro atoms. The summed E-state index contributed by atoms with van der Waals surface area (Å²) in [4.78, 5) is 8.85. The van der Waals surface area contributed by atoms with E-state index in [1.54, 1.807) is 19.4 Å². The molecule has 1 aliphatic rings. The van der Waals surface area contributed by atoms with Crippen molar-refractivity contribution in [2.45, 2.75) is 37.8 Å². The largest absolute Gasteiger partial charge is 0.493 e. The molecule has 3 aromatic rings. The lowest BCUT2D eigenvalue weighted by Gasteiger charge is -2.27. The maximum Gasteiger partial charge on any atom is 0.227 e. The SMILES string of the molecule is COc1cc2nc(Nc3ccc(F)c(Cl)c3)ncc2cc1O[C@H]1CC[C@H](N)CC1. The van der Waals surface area contributed by atoms with Gasteiger partial charge in [0.2, 0.25) is 5.95 Å². The molecule has 0 saturated heterocycles. The molecule has 0 atom stereocenters. The summed E-state index contributed by atoms with van der Waals surface area (Å²) in [6.45, 7) is 0. The first-order valence-electron chi connectivity index (χ1n) is 9.51. The molecule has 4 rings (SSSR count). The van der Waals surface area contributed by atoms with Gasteiger partial charge in [-0.1, -0.05) is 11.6 Å². The fourth-order valence-corrected chi connectivity index (χ4v) is 3.62. The molecule has 0 unspecified atom stereocenters. The summed E-state index contributed by atoms with van der Waals surface area (Å²) in [6, 6.07) is 8.32. The maximum absolute atomic E-state index is 13.3. The zero-order valence-electron chi connectivity index (χ0n) is 16.0. The molecule has 0 aliphatic heterocycles. The maximum atomic E-state index is 13.3. The van der Waals surface area contributed by atoms with Gasteiger partial charge < -0.3 is 20.5 Å². The van der Waals surface area contributed by atoms with Crippen molar-refractivity contribution in [3.8, 4) is 11.5 Å². The number of aromatic nitrogens is 2. The molecule has 0 radical (unpaired) electrons. The summed E-state index contributed by atoms with van der Waals surface area (Å²) < 4.78 is 25.0. The van der Waals surface area contributed by atoms with Gasteiger partial charge in [-0.2, -0.15) is 0 Å². The monoisotopic (exact) mass is 416 g/mol. The van der Waals surface area contributed by atoms with E-state index >= 15 is 0 Å². The molecule has 1 saturated carbocycles. The van der Waals surface area contributed by atoms with Crippen LogP contribution in [0.1, 0.15) is 25.7 Å². The third kappa shape index (κ3) is 4.52. The summed E-state index contributed by atoms with van der Waals surface area (Å²) in [6.07, 6.45) is 5.63. The Hall–Kier alpha value is -2.64. The van der Waals surface area contributed by atoms with Crippen LogP contribution in [-0.4, -0.2) is 29.2 Å². The molecule has 0 amide bonds. The van der Waals surface area contributed by atoms with Crippen LogP contribution in [0.4, 0.5) is 16.0 Å². The topological polar surface area (TPSA) is 82.3 Å². The highest BCUT2D eigenvalue weighted by atomic mass is 35.5. The fraction of sp³-hybridized carbons (Fsp3) is 0.333. The van der Waals surface area contributed by atoms with Crippen LogP contribution in [0.3, 0.4) is 0 Å². The zero-order chi connectivity index (χ0) is 20.4. The van der Waals surface area contributed by atoms with Gasteiger partial charge in [-0.3, -0.25) is 0 Å². The number of nitrogens with zero attached hydrogens (tertiary/aromatic N) is 2. The lowest BCUT2D eigenvalue weighted by molar-refractivity contribution is 0.142. The molecule has 1 fully saturated rings. The van der Waals surface area contributed by atoms with Crippen LogP contribution >= 0.6 is 11.6 Å². The van der Waals surface area contributed by atoms with Crippen molar-refractivity contribution < 1.29 is 13.9 Å². The number of nitrogens with two attached hydrogens (primary N) is 1. The van der Waals surface area contributed by atoms with Crippen molar-refractivity contribution in [3.63, 3.8) is 0 Å². The number of anilines is 2. The first-order chi connectivity index (χ1) is 14.0. The third-order valence-electron chi connectivity index (χ3n) is 5.05. The minimum absolute atomic E-state index is 0.0305. The van der Waals surface area contributed by atoms with Gasteiger partial charge in [0.15, 0.2) is 11.5 Å². The molecule has 8 heteroatoms. The molecule has 152 valence electrons. The van der Waals surface area contributed by atoms with Crippen molar-refractivity contribution >= 4 is 34.1 Å². The van der Waals surface area contributed by atoms with Crippen LogP contribution in [0.2, 0.25) is 5.02 Å². The van der Waals surface area contributed by atoms with Crippen LogP contribution in [0, 0.1) is 5.82 Å². The van der Waals surface area contributed by atoms with Gasteiger partial charge in [-0.25, -0.2) is 14.4 Å². The minimum Gasteiger partial charge on any atom is -0.493 e. The molecule has 3 N–H and O–H groups in total. The predicted molar refractivity (Wildman–Crippen MR) is 112 cm³/mol. The molecule has 6 nitrogen and oxygen atoms in total. The van der Waals surface area contributed by atoms with E-state index in [1.807, 2.05) is 12.1 Å². The van der Waals surface area contributed by atoms with Gasteiger partial charge in [-0.15, -0.1) is 0 Å². The van der Waals surface area contributed by atoms with E-state index in [0.29, 0.717) is 28.7 Å². The van der Waals surface area contributed by atoms with Crippen molar-refractivity contribution in [2.24, 2.45) is 5.73 Å². The number of rotatable bonds is 5. The van der Waals surface area contributed by atoms with Crippen molar-refractivity contribution in [2.75, 3.05) is 12.4 Å². The Morgan fingerprint density at radius 2 is 1.93 bits per heavy atom. The fourth-order valence-electron chi connectivity index (χ4n) is 3.44. The lowest BCUT2D eigenvalue weighted by Crippen LogP contribution is -2.31. The van der Waals surface area contributed by atoms with Crippen LogP contribution in [0.25, 0.3) is 10.9 Å². The second kappa shape index (κ2) is 8.39. The molecular weight excluding hydrogens is 395 g/mol. The number of methoxy groups -OCH3 is 1. The first kappa shape index (κ1) is 19.7. The molecular formula is C21H22ClFN4O2. The van der Waals surface area contributed by atoms with Crippen molar-refractivity contribution in [1.82, 2.24) is 9.97 Å². The van der Waals surface area contributed by atoms with E-state index in [-0.39, 0.29) is 17.2 Å². The van der Waals surface area contributed by atoms with Gasteiger partial charge in [0, 0.05) is 29.4 Å². The summed E-state index contributed by atoms with van der Waals surface area (Å²) in [5, 5.41) is 3.89. The summed E-state index contributed by atoms with van der Waals surface area (Å²) in [7, 11) is 1.60. The number of halogens is 2. The Morgan fingerprint density at radius 1 is 1.14 bits per heavy atom. The molecule has 1 heterocycles. The van der Waals surface area contributed by atoms with Crippen molar-refractivity contribution in [3.05, 3.63) is 47.4 Å². The molecule has 1 aliphatic carbocycles. The summed E-state index contributed by atoms with van der Waals surface area (Å²) >= 11 is 5.83. The molecule has 1 aromatic heterocycles. The molecule has 2 aromatic carbocycles. The molecule has 0 bridgehead atoms. The summed E-state index contributed by atoms with van der Waals surface area (Å²) in [5.74, 6) is 1.18. The number of benzene rings is 2. The van der Waals surface area contributed by atoms with E-state index in [9.17, 15) is 4.39 Å². The average Bonchev–Trinajstić information content (AvgIpc) is 2.72. The van der Waals surface area contributed by atoms with Gasteiger partial charge in [0.25, 0.3) is 0 Å². The Labute approximate surface area is 173 Å². The number of hydrogen-bond acceptors (Lipinski definition) is 6. The van der Waals surface area contributed by atoms with Gasteiger partial charge >= 0.3 is 0 Å². The molecule has 29 heavy (non-hydrogen) atoms. The standard InChI is InChI=1S/C21H22ClFN4O2/c1-28-19-10-18-12(8-20(19)29-15-5-2-13(24)3-6-15)11-25-21(27-18)26-14-4-7-17(23)16(22)9-14/h4,7-11,13,15H,2-3,5-6,24H2,1H3,(H,25,26,27)/t13-,15-. The highest BCUT2D eigenvalue weighted by molar-refractivity contribution is 6.31. The second-order valence-electron chi connectivity index (χ2n) is 7.16. The van der Waals surface area contributed by atoms with E-state index in [2.05, 4.69) is 15.3 Å². The normalized spacial score (nSPS) is 19.2. The van der Waals surface area contributed by atoms with Crippen molar-refractivity contribution in [1.29, 1.82) is 0 Å². The third-order valence-corrected chi connectivity index (χ3v) is 5.34. The highest BCUT2D eigenvalue weighted by Crippen LogP contribution is 2.34. The van der Waals surface area contributed by atoms with Crippen LogP contribution < -0.4 is 20.5 Å². The van der Waals surface area contributed by atoms with E-state index in [1.165, 1.54) is 12.1 Å². The zero-order valence-corrected chi connectivity index (χ0v) is 16.7. The Balaban J connectivity index is 1.57. The number of hydrogen-bond donors (Lipinski definition) is 2. The minimum atomic E-state index is -0.478. The quantitative estimate of drug-likeness (QED) is 0.620. The smallest absolute Gasteiger partial charge is 0.227 e. The summed E-state index contributed by atoms with van der Waals surface area (Å²) in [5.41, 5.74) is 7.27. The Kier molecular flexibility index (Phi) is 5.69. The number of ether oxygens (including phenoxy) is 2. The van der Waals surface area contributed by atoms with Crippen LogP contribution in [0.5, 0.6) is 11.5 Å². The first-order valence-corrected chi connectivity index (χ1v) is 9.88. The van der Waals surface area contributed by atoms with Gasteiger partial charge in [0.1, 0.15) is 5.82 Å². The average molecular weight is 417 g/mol. The van der Waals surface area contributed by atoms with Gasteiger partial charge in [0.05, 0.1) is 23.8 Å². The van der Waals surface area contributed by atoms with Gasteiger partial charge in [-0.05, 0) is 49.9 Å². The lowest BCUT2D eigenvalue weighted by atomic mass is 9.94. The highest BCUT2D eigenvalue weighted by Gasteiger charge is 2.21. The van der Waals surface area contributed by atoms with E-state index in [0.717, 1.165) is 31.1 Å². The van der Waals surface area contributed by atoms with Crippen LogP contribution in [0.15, 0.2) is 36.5 Å². The number of nitrogens with one attached hydrogen (secondary N) is 1. The number of fused-ring (bicyclic) bond motifs is 1. The Bertz CT molecular complexity index is 1020. The Morgan fingerprint density at radius 3 is 2.66 bits per heavy atom. The van der Waals surface area contributed by atoms with E-state index < -0.39 is 5.82 Å². The van der Waals surface area contributed by atoms with E-state index in [4.69, 9.17) is 26.8 Å². The predicted octanol–water partition coefficient (Wildman–Crippen LogP) is 4.82. The second-order valence-corrected chi connectivity index (χ2v) is 7.57. The van der Waals surface area contributed by atoms with Crippen LogP contribution in [-0.2, 0) is 0 Å².